The van der Waals surface area contributed by atoms with Crippen molar-refractivity contribution in [2.45, 2.75) is 13.8 Å². The zero-order valence-corrected chi connectivity index (χ0v) is 13.4. The molecule has 2 rings (SSSR count). The summed E-state index contributed by atoms with van der Waals surface area (Å²) in [5, 5.41) is 0. The third kappa shape index (κ3) is 11.8. The quantitative estimate of drug-likeness (QED) is 0.601. The van der Waals surface area contributed by atoms with Crippen LogP contribution < -0.4 is 0 Å². The molecule has 2 aromatic heterocycles. The Morgan fingerprint density at radius 1 is 0.765 bits per heavy atom. The fraction of sp³-hybridized carbons (Fsp3) is 0.167. The molecule has 17 heavy (non-hydrogen) atoms. The standard InChI is InChI=1S/2C6H7N.2ClH.Pt/c2*1-6-2-4-7-5-3-6;;;/h2*2-5H,1H3;2*1H;/q;;;;+2/p-2. The predicted molar refractivity (Wildman–Crippen MR) is 69.7 cm³/mol. The minimum absolute atomic E-state index is 0.472. The zero-order chi connectivity index (χ0) is 12.9. The van der Waals surface area contributed by atoms with Crippen LogP contribution in [0.1, 0.15) is 11.1 Å². The Morgan fingerprint density at radius 2 is 1.00 bits per heavy atom. The first-order valence-corrected chi connectivity index (χ1v) is 10.4. The van der Waals surface area contributed by atoms with Crippen molar-refractivity contribution >= 4 is 18.8 Å². The van der Waals surface area contributed by atoms with Crippen LogP contribution in [0.15, 0.2) is 49.1 Å². The van der Waals surface area contributed by atoms with E-state index in [2.05, 4.69) is 9.97 Å². The van der Waals surface area contributed by atoms with Gasteiger partial charge in [-0.1, -0.05) is 0 Å². The average molecular weight is 452 g/mol. The van der Waals surface area contributed by atoms with Gasteiger partial charge in [-0.15, -0.1) is 0 Å². The van der Waals surface area contributed by atoms with Crippen LogP contribution in [0.3, 0.4) is 0 Å². The molecule has 0 aliphatic carbocycles. The molecule has 0 radical (unpaired) electrons. The fourth-order valence-electron chi connectivity index (χ4n) is 0.853. The maximum absolute atomic E-state index is 4.88. The second kappa shape index (κ2) is 12.0. The van der Waals surface area contributed by atoms with Gasteiger partial charge in [0, 0.05) is 24.8 Å². The van der Waals surface area contributed by atoms with Gasteiger partial charge in [-0.2, -0.15) is 0 Å². The molecule has 0 saturated heterocycles. The molecule has 0 unspecified atom stereocenters. The number of aryl methyl sites for hydroxylation is 2. The molecule has 0 atom stereocenters. The van der Waals surface area contributed by atoms with E-state index < -0.39 is 16.5 Å². The Morgan fingerprint density at radius 3 is 1.12 bits per heavy atom. The fourth-order valence-corrected chi connectivity index (χ4v) is 0.853. The van der Waals surface area contributed by atoms with Crippen LogP contribution in [0.5, 0.6) is 0 Å². The van der Waals surface area contributed by atoms with Crippen LogP contribution in [0, 0.1) is 13.8 Å². The Labute approximate surface area is 119 Å². The molecule has 2 heterocycles. The Bertz CT molecular complexity index is 333. The number of aromatic nitrogens is 2. The van der Waals surface area contributed by atoms with Crippen molar-refractivity contribution in [3.63, 3.8) is 0 Å². The van der Waals surface area contributed by atoms with E-state index in [1.54, 1.807) is 24.8 Å². The van der Waals surface area contributed by atoms with Gasteiger partial charge in [-0.3, -0.25) is 9.97 Å². The number of pyridine rings is 2. The summed E-state index contributed by atoms with van der Waals surface area (Å²) in [6, 6.07) is 7.89. The predicted octanol–water partition coefficient (Wildman–Crippen LogP) is 4.16. The SMILES string of the molecule is Cc1ccncc1.Cc1ccncc1.[Cl][Pt][Cl]. The third-order valence-electron chi connectivity index (χ3n) is 1.69. The van der Waals surface area contributed by atoms with Crippen molar-refractivity contribution in [2.75, 3.05) is 0 Å². The van der Waals surface area contributed by atoms with Crippen LogP contribution >= 0.6 is 18.8 Å². The molecule has 0 amide bonds. The molecule has 0 N–H and O–H groups in total. The van der Waals surface area contributed by atoms with Crippen molar-refractivity contribution in [1.29, 1.82) is 0 Å². The van der Waals surface area contributed by atoms with Crippen molar-refractivity contribution in [3.8, 4) is 0 Å². The molecule has 0 spiro atoms. The first kappa shape index (κ1) is 16.6. The van der Waals surface area contributed by atoms with Gasteiger partial charge in [0.05, 0.1) is 0 Å². The van der Waals surface area contributed by atoms with Crippen LogP contribution in [0.25, 0.3) is 0 Å². The van der Waals surface area contributed by atoms with Gasteiger partial charge in [0.15, 0.2) is 0 Å². The van der Waals surface area contributed by atoms with Gasteiger partial charge in [-0.05, 0) is 49.2 Å². The van der Waals surface area contributed by atoms with Crippen molar-refractivity contribution in [2.24, 2.45) is 0 Å². The molecular formula is C12H14Cl2N2Pt. The summed E-state index contributed by atoms with van der Waals surface area (Å²) in [4.78, 5) is 7.69. The third-order valence-corrected chi connectivity index (χ3v) is 1.69. The minimum atomic E-state index is -0.472. The number of halogens is 2. The van der Waals surface area contributed by atoms with Crippen LogP contribution in [0.4, 0.5) is 0 Å². The summed E-state index contributed by atoms with van der Waals surface area (Å²) in [6.07, 6.45) is 7.15. The molecule has 0 bridgehead atoms. The van der Waals surface area contributed by atoms with Crippen molar-refractivity contribution in [3.05, 3.63) is 60.2 Å². The molecule has 2 nitrogen and oxygen atoms in total. The summed E-state index contributed by atoms with van der Waals surface area (Å²) >= 11 is -0.472. The number of hydrogen-bond acceptors (Lipinski definition) is 2. The van der Waals surface area contributed by atoms with E-state index in [0.717, 1.165) is 0 Å². The Balaban J connectivity index is 0.000000247. The molecule has 2 aromatic rings. The Kier molecular flexibility index (Phi) is 11.7. The van der Waals surface area contributed by atoms with Gasteiger partial charge < -0.3 is 0 Å². The van der Waals surface area contributed by atoms with Gasteiger partial charge in [-0.25, -0.2) is 0 Å². The van der Waals surface area contributed by atoms with E-state index >= 15 is 0 Å². The first-order chi connectivity index (χ1) is 8.20. The molecule has 0 saturated carbocycles. The summed E-state index contributed by atoms with van der Waals surface area (Å²) in [5.41, 5.74) is 2.52. The number of nitrogens with zero attached hydrogens (tertiary/aromatic N) is 2. The Hall–Kier alpha value is -0.432. The monoisotopic (exact) mass is 451 g/mol. The molecule has 0 fully saturated rings. The molecule has 0 aliphatic rings. The molecular weight excluding hydrogens is 438 g/mol. The van der Waals surface area contributed by atoms with Gasteiger partial charge in [0.25, 0.3) is 0 Å². The van der Waals surface area contributed by atoms with Crippen molar-refractivity contribution < 1.29 is 16.5 Å². The second-order valence-electron chi connectivity index (χ2n) is 3.09. The van der Waals surface area contributed by atoms with Gasteiger partial charge in [0.2, 0.25) is 0 Å². The summed E-state index contributed by atoms with van der Waals surface area (Å²) in [7, 11) is 9.75. The van der Waals surface area contributed by atoms with E-state index in [4.69, 9.17) is 18.8 Å². The maximum atomic E-state index is 4.88. The normalized spacial score (nSPS) is 8.47. The van der Waals surface area contributed by atoms with Crippen LogP contribution in [-0.4, -0.2) is 9.97 Å². The average Bonchev–Trinajstić information content (AvgIpc) is 2.33. The number of hydrogen-bond donors (Lipinski definition) is 0. The van der Waals surface area contributed by atoms with Gasteiger partial charge >= 0.3 is 35.3 Å². The summed E-state index contributed by atoms with van der Waals surface area (Å²) in [6.45, 7) is 4.09. The topological polar surface area (TPSA) is 25.8 Å². The summed E-state index contributed by atoms with van der Waals surface area (Å²) in [5.74, 6) is 0. The second-order valence-corrected chi connectivity index (χ2v) is 6.38. The zero-order valence-electron chi connectivity index (χ0n) is 9.59. The van der Waals surface area contributed by atoms with Gasteiger partial charge in [0.1, 0.15) is 0 Å². The molecule has 0 aliphatic heterocycles. The van der Waals surface area contributed by atoms with E-state index in [1.807, 2.05) is 38.1 Å². The van der Waals surface area contributed by atoms with E-state index in [0.29, 0.717) is 0 Å². The molecule has 5 heteroatoms. The van der Waals surface area contributed by atoms with Crippen molar-refractivity contribution in [1.82, 2.24) is 9.97 Å². The van der Waals surface area contributed by atoms with Crippen LogP contribution in [0.2, 0.25) is 0 Å². The molecule has 96 valence electrons. The molecule has 0 aromatic carbocycles. The van der Waals surface area contributed by atoms with Crippen LogP contribution in [-0.2, 0) is 16.5 Å². The van der Waals surface area contributed by atoms with E-state index in [1.165, 1.54) is 11.1 Å². The first-order valence-electron chi connectivity index (χ1n) is 4.76. The van der Waals surface area contributed by atoms with E-state index in [9.17, 15) is 0 Å². The summed E-state index contributed by atoms with van der Waals surface area (Å²) < 4.78 is 0. The van der Waals surface area contributed by atoms with E-state index in [-0.39, 0.29) is 0 Å². The number of rotatable bonds is 0.